The Morgan fingerprint density at radius 3 is 2.81 bits per heavy atom. The first kappa shape index (κ1) is 14.9. The molecule has 0 bridgehead atoms. The van der Waals surface area contributed by atoms with Gasteiger partial charge in [0.05, 0.1) is 5.69 Å². The topological polar surface area (TPSA) is 29.3 Å². The summed E-state index contributed by atoms with van der Waals surface area (Å²) in [5.41, 5.74) is 1.21. The van der Waals surface area contributed by atoms with Crippen molar-refractivity contribution in [2.24, 2.45) is 0 Å². The maximum absolute atomic E-state index is 5.94. The van der Waals surface area contributed by atoms with Crippen LogP contribution in [0, 0.1) is 0 Å². The van der Waals surface area contributed by atoms with E-state index in [1.165, 1.54) is 5.69 Å². The molecule has 110 valence electrons. The third kappa shape index (κ3) is 3.43. The van der Waals surface area contributed by atoms with Crippen molar-refractivity contribution >= 4 is 39.7 Å². The smallest absolute Gasteiger partial charge is 0.194 e. The maximum atomic E-state index is 5.94. The Balaban J connectivity index is 1.91. The predicted octanol–water partition coefficient (Wildman–Crippen LogP) is 4.70. The summed E-state index contributed by atoms with van der Waals surface area (Å²) in [5, 5.41) is 7.35. The van der Waals surface area contributed by atoms with Crippen LogP contribution in [0.25, 0.3) is 4.96 Å². The molecule has 6 heteroatoms. The Bertz CT molecular complexity index is 731. The molecule has 0 atom stereocenters. The molecule has 0 aliphatic heterocycles. The lowest BCUT2D eigenvalue weighted by molar-refractivity contribution is 0.574. The van der Waals surface area contributed by atoms with Crippen LogP contribution >= 0.6 is 34.7 Å². The summed E-state index contributed by atoms with van der Waals surface area (Å²) in [6, 6.07) is 8.32. The molecule has 1 N–H and O–H groups in total. The van der Waals surface area contributed by atoms with Crippen LogP contribution in [0.3, 0.4) is 0 Å². The second-order valence-corrected chi connectivity index (χ2v) is 7.38. The van der Waals surface area contributed by atoms with Crippen LogP contribution in [0.1, 0.15) is 19.5 Å². The van der Waals surface area contributed by atoms with E-state index in [0.717, 1.165) is 26.4 Å². The molecule has 0 spiro atoms. The van der Waals surface area contributed by atoms with Gasteiger partial charge in [-0.2, -0.15) is 0 Å². The van der Waals surface area contributed by atoms with E-state index in [0.29, 0.717) is 6.04 Å². The van der Waals surface area contributed by atoms with E-state index in [9.17, 15) is 0 Å². The second-order valence-electron chi connectivity index (χ2n) is 5.01. The highest BCUT2D eigenvalue weighted by molar-refractivity contribution is 7.99. The van der Waals surface area contributed by atoms with E-state index < -0.39 is 0 Å². The van der Waals surface area contributed by atoms with Crippen LogP contribution in [0.5, 0.6) is 0 Å². The normalized spacial score (nSPS) is 11.6. The molecule has 0 fully saturated rings. The maximum Gasteiger partial charge on any atom is 0.194 e. The summed E-state index contributed by atoms with van der Waals surface area (Å²) in [7, 11) is 0. The summed E-state index contributed by atoms with van der Waals surface area (Å²) >= 11 is 9.28. The van der Waals surface area contributed by atoms with Gasteiger partial charge in [-0.25, -0.2) is 4.98 Å². The van der Waals surface area contributed by atoms with Crippen molar-refractivity contribution in [1.29, 1.82) is 0 Å². The summed E-state index contributed by atoms with van der Waals surface area (Å²) in [6.07, 6.45) is 2.08. The lowest BCUT2D eigenvalue weighted by Gasteiger charge is -2.09. The van der Waals surface area contributed by atoms with Crippen LogP contribution in [-0.4, -0.2) is 15.4 Å². The Labute approximate surface area is 137 Å². The molecule has 2 heterocycles. The van der Waals surface area contributed by atoms with Gasteiger partial charge < -0.3 is 5.32 Å². The Morgan fingerprint density at radius 1 is 1.33 bits per heavy atom. The monoisotopic (exact) mass is 337 g/mol. The van der Waals surface area contributed by atoms with Gasteiger partial charge in [-0.3, -0.25) is 4.40 Å². The van der Waals surface area contributed by atoms with Gasteiger partial charge in [0.15, 0.2) is 4.96 Å². The summed E-state index contributed by atoms with van der Waals surface area (Å²) in [5.74, 6) is 0. The first-order valence-electron chi connectivity index (χ1n) is 6.74. The third-order valence-electron chi connectivity index (χ3n) is 3.03. The highest BCUT2D eigenvalue weighted by atomic mass is 35.5. The van der Waals surface area contributed by atoms with Crippen molar-refractivity contribution in [3.8, 4) is 0 Å². The molecule has 0 radical (unpaired) electrons. The largest absolute Gasteiger partial charge is 0.309 e. The number of halogens is 1. The van der Waals surface area contributed by atoms with Crippen molar-refractivity contribution in [1.82, 2.24) is 14.7 Å². The second kappa shape index (κ2) is 6.40. The number of hydrogen-bond donors (Lipinski definition) is 1. The number of nitrogens with zero attached hydrogens (tertiary/aromatic N) is 2. The molecule has 3 rings (SSSR count). The van der Waals surface area contributed by atoms with Crippen molar-refractivity contribution in [3.63, 3.8) is 0 Å². The van der Waals surface area contributed by atoms with Crippen molar-refractivity contribution < 1.29 is 0 Å². The number of imidazole rings is 1. The van der Waals surface area contributed by atoms with E-state index in [2.05, 4.69) is 35.1 Å². The van der Waals surface area contributed by atoms with Gasteiger partial charge in [0.25, 0.3) is 0 Å². The number of thiazole rings is 1. The molecule has 0 aliphatic carbocycles. The average Bonchev–Trinajstić information content (AvgIpc) is 3.00. The summed E-state index contributed by atoms with van der Waals surface area (Å²) in [4.78, 5) is 6.92. The van der Waals surface area contributed by atoms with Gasteiger partial charge >= 0.3 is 0 Å². The lowest BCUT2D eigenvalue weighted by Crippen LogP contribution is -2.22. The van der Waals surface area contributed by atoms with E-state index in [1.807, 2.05) is 24.3 Å². The van der Waals surface area contributed by atoms with Crippen LogP contribution in [0.15, 0.2) is 45.8 Å². The van der Waals surface area contributed by atoms with Gasteiger partial charge in [-0.15, -0.1) is 11.3 Å². The standard InChI is InChI=1S/C15H16ClN3S2/c1-10(2)17-9-13-14(18-15-19(13)7-8-20-15)21-12-5-3-11(16)4-6-12/h3-8,10,17H,9H2,1-2H3. The van der Waals surface area contributed by atoms with Crippen LogP contribution in [-0.2, 0) is 6.54 Å². The van der Waals surface area contributed by atoms with Crippen LogP contribution in [0.2, 0.25) is 5.02 Å². The summed E-state index contributed by atoms with van der Waals surface area (Å²) in [6.45, 7) is 5.11. The predicted molar refractivity (Wildman–Crippen MR) is 90.6 cm³/mol. The zero-order valence-corrected chi connectivity index (χ0v) is 14.2. The van der Waals surface area contributed by atoms with E-state index in [1.54, 1.807) is 23.1 Å². The Morgan fingerprint density at radius 2 is 2.10 bits per heavy atom. The highest BCUT2D eigenvalue weighted by Crippen LogP contribution is 2.32. The molecule has 0 aliphatic rings. The first-order chi connectivity index (χ1) is 10.1. The van der Waals surface area contributed by atoms with Crippen molar-refractivity contribution in [3.05, 3.63) is 46.6 Å². The number of fused-ring (bicyclic) bond motifs is 1. The van der Waals surface area contributed by atoms with Gasteiger partial charge in [-0.05, 0) is 24.3 Å². The quantitative estimate of drug-likeness (QED) is 0.731. The van der Waals surface area contributed by atoms with E-state index in [-0.39, 0.29) is 0 Å². The van der Waals surface area contributed by atoms with Crippen molar-refractivity contribution in [2.45, 2.75) is 36.4 Å². The molecule has 3 nitrogen and oxygen atoms in total. The van der Waals surface area contributed by atoms with Gasteiger partial charge in [0.2, 0.25) is 0 Å². The number of rotatable bonds is 5. The molecule has 2 aromatic heterocycles. The number of aromatic nitrogens is 2. The molecule has 3 aromatic rings. The van der Waals surface area contributed by atoms with Gasteiger partial charge in [0, 0.05) is 34.1 Å². The highest BCUT2D eigenvalue weighted by Gasteiger charge is 2.14. The fourth-order valence-electron chi connectivity index (χ4n) is 1.97. The number of hydrogen-bond acceptors (Lipinski definition) is 4. The molecule has 21 heavy (non-hydrogen) atoms. The first-order valence-corrected chi connectivity index (χ1v) is 8.82. The lowest BCUT2D eigenvalue weighted by atomic mass is 10.3. The fourth-order valence-corrected chi connectivity index (χ4v) is 3.80. The Hall–Kier alpha value is -1.01. The minimum Gasteiger partial charge on any atom is -0.309 e. The SMILES string of the molecule is CC(C)NCc1c(Sc2ccc(Cl)cc2)nc2sccn12. The van der Waals surface area contributed by atoms with Gasteiger partial charge in [-0.1, -0.05) is 37.2 Å². The molecular weight excluding hydrogens is 322 g/mol. The minimum absolute atomic E-state index is 0.447. The molecule has 0 unspecified atom stereocenters. The van der Waals surface area contributed by atoms with Crippen LogP contribution in [0.4, 0.5) is 0 Å². The zero-order chi connectivity index (χ0) is 14.8. The minimum atomic E-state index is 0.447. The van der Waals surface area contributed by atoms with Crippen LogP contribution < -0.4 is 5.32 Å². The fraction of sp³-hybridized carbons (Fsp3) is 0.267. The average molecular weight is 338 g/mol. The zero-order valence-electron chi connectivity index (χ0n) is 11.8. The molecule has 0 saturated carbocycles. The summed E-state index contributed by atoms with van der Waals surface area (Å²) < 4.78 is 2.16. The van der Waals surface area contributed by atoms with E-state index >= 15 is 0 Å². The number of benzene rings is 1. The van der Waals surface area contributed by atoms with Gasteiger partial charge in [0.1, 0.15) is 5.03 Å². The van der Waals surface area contributed by atoms with Crippen molar-refractivity contribution in [2.75, 3.05) is 0 Å². The Kier molecular flexibility index (Phi) is 4.54. The molecular formula is C15H16ClN3S2. The third-order valence-corrected chi connectivity index (χ3v) is 5.07. The molecule has 0 amide bonds. The van der Waals surface area contributed by atoms with E-state index in [4.69, 9.17) is 16.6 Å². The number of nitrogens with one attached hydrogen (secondary N) is 1. The molecule has 1 aromatic carbocycles. The molecule has 0 saturated heterocycles.